The number of benzene rings is 9. The van der Waals surface area contributed by atoms with Crippen molar-refractivity contribution in [3.8, 4) is 0 Å². The monoisotopic (exact) mass is 1050 g/mol. The maximum Gasteiger partial charge on any atom is 0.134 e. The third-order valence-corrected chi connectivity index (χ3v) is 15.4. The van der Waals surface area contributed by atoms with Crippen LogP contribution in [0.2, 0.25) is 0 Å². The van der Waals surface area contributed by atoms with Crippen molar-refractivity contribution in [2.24, 2.45) is 0 Å². The smallest absolute Gasteiger partial charge is 0.134 e. The van der Waals surface area contributed by atoms with Gasteiger partial charge < -0.3 is 27.0 Å². The highest BCUT2D eigenvalue weighted by molar-refractivity contribution is 6.10. The summed E-state index contributed by atoms with van der Waals surface area (Å²) in [5.41, 5.74) is 20.1. The van der Waals surface area contributed by atoms with Gasteiger partial charge in [-0.15, -0.1) is 0 Å². The molecule has 6 heterocycles. The second-order valence-electron chi connectivity index (χ2n) is 20.9. The second kappa shape index (κ2) is 23.9. The lowest BCUT2D eigenvalue weighted by molar-refractivity contribution is 0.578. The number of fused-ring (bicyclic) bond motifs is 12. The van der Waals surface area contributed by atoms with Crippen LogP contribution >= 0.6 is 0 Å². The number of aromatic nitrogens is 3. The molecule has 0 atom stereocenters. The number of rotatable bonds is 3. The van der Waals surface area contributed by atoms with Crippen LogP contribution in [0.4, 0.5) is 0 Å². The zero-order chi connectivity index (χ0) is 56.0. The molecule has 0 unspecified atom stereocenters. The van der Waals surface area contributed by atoms with Gasteiger partial charge >= 0.3 is 0 Å². The van der Waals surface area contributed by atoms with Crippen molar-refractivity contribution < 1.29 is 13.3 Å². The Hall–Kier alpha value is -9.00. The molecule has 0 amide bonds. The Labute approximate surface area is 470 Å². The zero-order valence-corrected chi connectivity index (χ0v) is 48.3. The Balaban J connectivity index is 0.000000109. The highest BCUT2D eigenvalue weighted by Crippen LogP contribution is 2.33. The Morgan fingerprint density at radius 1 is 0.300 bits per heavy atom. The van der Waals surface area contributed by atoms with E-state index >= 15 is 0 Å². The van der Waals surface area contributed by atoms with Crippen LogP contribution in [-0.2, 0) is 19.6 Å². The van der Waals surface area contributed by atoms with E-state index in [2.05, 4.69) is 235 Å². The lowest BCUT2D eigenvalue weighted by Crippen LogP contribution is -1.92. The lowest BCUT2D eigenvalue weighted by atomic mass is 10.1. The molecule has 0 aliphatic heterocycles. The van der Waals surface area contributed by atoms with E-state index in [-0.39, 0.29) is 0 Å². The summed E-state index contributed by atoms with van der Waals surface area (Å²) in [7, 11) is 0. The number of furan rings is 3. The van der Waals surface area contributed by atoms with Crippen molar-refractivity contribution in [3.05, 3.63) is 251 Å². The third-order valence-electron chi connectivity index (χ3n) is 15.4. The molecule has 6 aromatic heterocycles. The van der Waals surface area contributed by atoms with Crippen molar-refractivity contribution in [2.75, 3.05) is 0 Å². The predicted molar refractivity (Wildman–Crippen MR) is 342 cm³/mol. The molecule has 15 aromatic rings. The fourth-order valence-corrected chi connectivity index (χ4v) is 11.6. The Morgan fingerprint density at radius 2 is 0.775 bits per heavy atom. The van der Waals surface area contributed by atoms with Crippen LogP contribution in [0.1, 0.15) is 65.5 Å². The summed E-state index contributed by atoms with van der Waals surface area (Å²) in [5.74, 6) is 0.981. The van der Waals surface area contributed by atoms with Gasteiger partial charge in [-0.2, -0.15) is 0 Å². The maximum absolute atomic E-state index is 5.45. The summed E-state index contributed by atoms with van der Waals surface area (Å²) in [6, 6.07) is 68.2. The average molecular weight is 1050 g/mol. The molecule has 0 bridgehead atoms. The van der Waals surface area contributed by atoms with E-state index in [4.69, 9.17) is 13.3 Å². The molecule has 15 rings (SSSR count). The van der Waals surface area contributed by atoms with Crippen LogP contribution in [-0.4, -0.2) is 13.7 Å². The van der Waals surface area contributed by atoms with Gasteiger partial charge in [-0.05, 0) is 182 Å². The van der Waals surface area contributed by atoms with Gasteiger partial charge in [0.2, 0.25) is 0 Å². The minimum atomic E-state index is 0.972. The summed E-state index contributed by atoms with van der Waals surface area (Å²) >= 11 is 0. The minimum absolute atomic E-state index is 0.972. The molecule has 0 saturated carbocycles. The molecule has 0 saturated heterocycles. The molecule has 6 heteroatoms. The van der Waals surface area contributed by atoms with E-state index in [1.165, 1.54) is 121 Å². The summed E-state index contributed by atoms with van der Waals surface area (Å²) in [5, 5.41) is 11.9. The summed E-state index contributed by atoms with van der Waals surface area (Å²) in [6.45, 7) is 26.5. The van der Waals surface area contributed by atoms with Crippen molar-refractivity contribution >= 4 is 98.3 Å². The third kappa shape index (κ3) is 10.9. The highest BCUT2D eigenvalue weighted by atomic mass is 16.3. The van der Waals surface area contributed by atoms with Gasteiger partial charge in [0.15, 0.2) is 0 Å². The molecular weight excluding hydrogens is 979 g/mol. The summed E-state index contributed by atoms with van der Waals surface area (Å²) in [6.07, 6.45) is 3.52. The topological polar surface area (TPSA) is 54.2 Å². The van der Waals surface area contributed by atoms with Crippen molar-refractivity contribution in [1.29, 1.82) is 0 Å². The SMILES string of the molecule is CCn1c2ccccc2c2c(C)cccc21.CCn1c2ccccc2c2cc(C)ccc21.CCn1c2ccccc2c2ccc(C)cc21.Cc1cc2c(C)cccc2o1.Cc1cccc2occ(C)c12.Cc1cccc2occc12. The molecule has 0 N–H and O–H groups in total. The van der Waals surface area contributed by atoms with E-state index in [9.17, 15) is 0 Å². The van der Waals surface area contributed by atoms with E-state index in [0.717, 1.165) is 42.1 Å². The number of nitrogens with zero attached hydrogens (tertiary/aromatic N) is 3. The number of aryl methyl sites for hydroxylation is 11. The van der Waals surface area contributed by atoms with Gasteiger partial charge in [0.05, 0.1) is 12.5 Å². The largest absolute Gasteiger partial charge is 0.464 e. The van der Waals surface area contributed by atoms with Gasteiger partial charge in [0.1, 0.15) is 22.5 Å². The Kier molecular flexibility index (Phi) is 16.3. The summed E-state index contributed by atoms with van der Waals surface area (Å²) < 4.78 is 23.1. The van der Waals surface area contributed by atoms with Crippen LogP contribution in [0, 0.1) is 55.4 Å². The molecule has 0 aliphatic rings. The van der Waals surface area contributed by atoms with Crippen LogP contribution in [0.15, 0.2) is 220 Å². The number of hydrogen-bond acceptors (Lipinski definition) is 3. The van der Waals surface area contributed by atoms with Crippen LogP contribution in [0.25, 0.3) is 98.3 Å². The van der Waals surface area contributed by atoms with Crippen LogP contribution < -0.4 is 0 Å². The second-order valence-corrected chi connectivity index (χ2v) is 20.9. The van der Waals surface area contributed by atoms with Crippen LogP contribution in [0.3, 0.4) is 0 Å². The first-order valence-electron chi connectivity index (χ1n) is 28.1. The fourth-order valence-electron chi connectivity index (χ4n) is 11.6. The fraction of sp³-hybridized carbons (Fsp3) is 0.189. The first-order chi connectivity index (χ1) is 38.9. The van der Waals surface area contributed by atoms with Gasteiger partial charge in [-0.1, -0.05) is 127 Å². The molecule has 0 radical (unpaired) electrons. The van der Waals surface area contributed by atoms with E-state index in [0.29, 0.717) is 0 Å². The van der Waals surface area contributed by atoms with Gasteiger partial charge in [0, 0.05) is 101 Å². The zero-order valence-electron chi connectivity index (χ0n) is 48.3. The van der Waals surface area contributed by atoms with Crippen molar-refractivity contribution in [2.45, 2.75) is 95.8 Å². The lowest BCUT2D eigenvalue weighted by Gasteiger charge is -2.02. The Bertz CT molecular complexity index is 4580. The molecule has 0 aliphatic carbocycles. The Morgan fingerprint density at radius 3 is 1.41 bits per heavy atom. The highest BCUT2D eigenvalue weighted by Gasteiger charge is 2.12. The molecule has 6 nitrogen and oxygen atoms in total. The first-order valence-corrected chi connectivity index (χ1v) is 28.1. The first kappa shape index (κ1) is 54.4. The predicted octanol–water partition coefficient (Wildman–Crippen LogP) is 21.2. The maximum atomic E-state index is 5.45. The summed E-state index contributed by atoms with van der Waals surface area (Å²) in [4.78, 5) is 0. The average Bonchev–Trinajstić information content (AvgIpc) is 4.54. The molecular formula is C74H73N3O3. The number of para-hydroxylation sites is 3. The van der Waals surface area contributed by atoms with Crippen molar-refractivity contribution in [1.82, 2.24) is 13.7 Å². The van der Waals surface area contributed by atoms with Gasteiger partial charge in [0.25, 0.3) is 0 Å². The van der Waals surface area contributed by atoms with E-state index in [1.54, 1.807) is 12.5 Å². The molecule has 9 aromatic carbocycles. The van der Waals surface area contributed by atoms with Crippen molar-refractivity contribution in [3.63, 3.8) is 0 Å². The normalized spacial score (nSPS) is 11.1. The van der Waals surface area contributed by atoms with Crippen LogP contribution in [0.5, 0.6) is 0 Å². The molecule has 80 heavy (non-hydrogen) atoms. The quantitative estimate of drug-likeness (QED) is 0.177. The molecule has 0 spiro atoms. The van der Waals surface area contributed by atoms with E-state index < -0.39 is 0 Å². The number of hydrogen-bond donors (Lipinski definition) is 0. The minimum Gasteiger partial charge on any atom is -0.464 e. The standard InChI is InChI=1S/3C15H15N.2C10H10O.C9H8O/c1-3-16-13-9-5-4-8-12(13)15-11(2)7-6-10-14(15)16;1-3-16-14-7-5-4-6-12(14)13-10-11(2)8-9-15(13)16;1-3-16-14-7-5-4-6-12(14)13-9-8-11(2)10-15(13)16;1-7-4-3-5-10-9(7)6-8(2)11-10;1-7-4-3-5-9-10(7)8(2)6-11-9;1-7-3-2-4-9-8(7)5-6-10-9/h3*4-10H,3H2,1-2H3;2*3-6H,1-2H3;2-6H,1H3. The van der Waals surface area contributed by atoms with Gasteiger partial charge in [-0.3, -0.25) is 0 Å². The van der Waals surface area contributed by atoms with E-state index in [1.807, 2.05) is 49.4 Å². The van der Waals surface area contributed by atoms with Gasteiger partial charge in [-0.25, -0.2) is 0 Å². The molecule has 402 valence electrons. The molecule has 0 fully saturated rings.